The Morgan fingerprint density at radius 1 is 0.358 bits per heavy atom. The third-order valence-electron chi connectivity index (χ3n) is 17.6. The van der Waals surface area contributed by atoms with Crippen LogP contribution in [0.1, 0.15) is 262 Å². The summed E-state index contributed by atoms with van der Waals surface area (Å²) in [6.45, 7) is 10.1. The SMILES string of the molecule is CCCCCCCOc1cc(C(=O)N[C@H]2C[C@@H](NC(=O)c3cc(OCCCCCCN=[N+]=[N-])c(CCC(C)=O)c(OCCCCCCN=[N+]=[N-])c3)C[C@@H](NC(=O)c3cc(OCCCCCCN=[N+]=[N-])c(CNC(C)=O)c(OCCCCCCN=[N+]=[N-])c3)C2)cc(OCCCCCCN=[N+]=[N-])c1CNC(C)=O. The molecule has 0 aliphatic heterocycles. The minimum absolute atomic E-state index is 0.0239. The van der Waals surface area contributed by atoms with Gasteiger partial charge in [0.25, 0.3) is 17.7 Å². The van der Waals surface area contributed by atoms with Crippen LogP contribution in [0.25, 0.3) is 52.2 Å². The number of amides is 5. The van der Waals surface area contributed by atoms with Gasteiger partial charge in [0.2, 0.25) is 11.8 Å². The van der Waals surface area contributed by atoms with Crippen molar-refractivity contribution in [1.82, 2.24) is 26.6 Å². The lowest BCUT2D eigenvalue weighted by Crippen LogP contribution is -2.53. The van der Waals surface area contributed by atoms with E-state index in [9.17, 15) is 14.4 Å². The second kappa shape index (κ2) is 55.5. The van der Waals surface area contributed by atoms with Crippen LogP contribution in [0.4, 0.5) is 0 Å². The third-order valence-corrected chi connectivity index (χ3v) is 17.6. The van der Waals surface area contributed by atoms with Crippen molar-refractivity contribution in [2.24, 2.45) is 25.6 Å². The van der Waals surface area contributed by atoms with E-state index in [2.05, 4.69) is 83.6 Å². The summed E-state index contributed by atoms with van der Waals surface area (Å²) in [7, 11) is 0. The molecule has 580 valence electrons. The minimum atomic E-state index is -0.692. The van der Waals surface area contributed by atoms with Gasteiger partial charge in [-0.3, -0.25) is 24.0 Å². The zero-order valence-corrected chi connectivity index (χ0v) is 62.7. The molecule has 0 aromatic heterocycles. The van der Waals surface area contributed by atoms with Crippen LogP contribution in [0.3, 0.4) is 0 Å². The highest BCUT2D eigenvalue weighted by molar-refractivity contribution is 5.97. The van der Waals surface area contributed by atoms with Gasteiger partial charge in [-0.25, -0.2) is 0 Å². The van der Waals surface area contributed by atoms with E-state index < -0.39 is 35.8 Å². The molecule has 0 bridgehead atoms. The molecule has 3 atom stereocenters. The van der Waals surface area contributed by atoms with Crippen LogP contribution >= 0.6 is 0 Å². The van der Waals surface area contributed by atoms with Gasteiger partial charge in [0.1, 0.15) is 40.3 Å². The summed E-state index contributed by atoms with van der Waals surface area (Å²) in [5, 5.41) is 33.6. The van der Waals surface area contributed by atoms with E-state index in [4.69, 9.17) is 56.1 Å². The van der Waals surface area contributed by atoms with Gasteiger partial charge in [0, 0.05) is 118 Å². The lowest BCUT2D eigenvalue weighted by Gasteiger charge is -2.36. The first-order chi connectivity index (χ1) is 51.6. The zero-order chi connectivity index (χ0) is 76.6. The van der Waals surface area contributed by atoms with Crippen LogP contribution in [0.15, 0.2) is 62.0 Å². The molecule has 1 aliphatic carbocycles. The predicted molar refractivity (Wildman–Crippen MR) is 405 cm³/mol. The van der Waals surface area contributed by atoms with Crippen molar-refractivity contribution < 1.29 is 57.2 Å². The first-order valence-electron chi connectivity index (χ1n) is 37.9. The van der Waals surface area contributed by atoms with Crippen molar-refractivity contribution in [3.63, 3.8) is 0 Å². The molecule has 0 heterocycles. The standard InChI is InChI=1S/C74H112N20O12/c1-5-6-7-13-24-39-103-68-45-58(46-69(64(68)52-80-55(3)96)104-40-27-16-10-21-34-84-92-77)73(99)88-61-49-60(87-72(98)57-43-66(101-37-25-14-8-19-32-82-90-75)63(31-30-54(2)95)67(44-57)102-38-26-15-9-20-33-83-91-76)50-62(51-61)89-74(100)59-47-70(105-41-28-17-11-22-35-85-93-78)65(53-81-56(4)97)71(48-59)106-42-29-18-12-23-36-86-94-79/h43-48,60-62H,5-42,49-53H2,1-4H3,(H,80,96)(H,81,97)(H,87,98)(H,88,99)(H,89,100)/t60-,61+,62-/m1/s1. The molecule has 1 aliphatic rings. The van der Waals surface area contributed by atoms with E-state index in [0.717, 1.165) is 96.3 Å². The van der Waals surface area contributed by atoms with Crippen molar-refractivity contribution in [3.8, 4) is 34.5 Å². The average Bonchev–Trinajstić information content (AvgIpc) is 0.819. The van der Waals surface area contributed by atoms with Gasteiger partial charge in [0.05, 0.1) is 63.9 Å². The van der Waals surface area contributed by atoms with E-state index >= 15 is 14.4 Å². The molecule has 5 amide bonds. The third kappa shape index (κ3) is 37.6. The van der Waals surface area contributed by atoms with Crippen LogP contribution in [-0.2, 0) is 33.9 Å². The fraction of sp³-hybridized carbons (Fsp3) is 0.676. The van der Waals surface area contributed by atoms with E-state index in [0.29, 0.717) is 155 Å². The fourth-order valence-electron chi connectivity index (χ4n) is 12.0. The largest absolute Gasteiger partial charge is 0.493 e. The van der Waals surface area contributed by atoms with E-state index in [1.54, 1.807) is 36.4 Å². The Labute approximate surface area is 622 Å². The number of benzene rings is 3. The molecule has 1 fully saturated rings. The maximum atomic E-state index is 15.1. The summed E-state index contributed by atoms with van der Waals surface area (Å²) < 4.78 is 38.8. The normalized spacial score (nSPS) is 13.5. The van der Waals surface area contributed by atoms with E-state index in [-0.39, 0.29) is 113 Å². The average molecular weight is 1470 g/mol. The second-order valence-electron chi connectivity index (χ2n) is 26.4. The smallest absolute Gasteiger partial charge is 0.251 e. The predicted octanol–water partition coefficient (Wildman–Crippen LogP) is 17.0. The summed E-state index contributed by atoms with van der Waals surface area (Å²) >= 11 is 0. The summed E-state index contributed by atoms with van der Waals surface area (Å²) in [6, 6.07) is 7.74. The quantitative estimate of drug-likeness (QED) is 0.0152. The van der Waals surface area contributed by atoms with Gasteiger partial charge in [-0.2, -0.15) is 0 Å². The molecule has 1 saturated carbocycles. The second-order valence-corrected chi connectivity index (χ2v) is 26.4. The van der Waals surface area contributed by atoms with Gasteiger partial charge >= 0.3 is 0 Å². The summed E-state index contributed by atoms with van der Waals surface area (Å²) in [4.78, 5) is 97.1. The summed E-state index contributed by atoms with van der Waals surface area (Å²) in [6.07, 6.45) is 20.5. The number of carbonyl (C=O) groups is 6. The molecular weight excluding hydrogens is 1360 g/mol. The number of hydrogen-bond donors (Lipinski definition) is 5. The Balaban J connectivity index is 1.85. The molecule has 4 rings (SSSR count). The first-order valence-corrected chi connectivity index (χ1v) is 37.9. The number of unbranched alkanes of at least 4 members (excludes halogenated alkanes) is 19. The van der Waals surface area contributed by atoms with Crippen LogP contribution in [-0.4, -0.2) is 126 Å². The Kier molecular flexibility index (Phi) is 46.3. The lowest BCUT2D eigenvalue weighted by atomic mass is 9.86. The molecule has 32 nitrogen and oxygen atoms in total. The topological polar surface area (TPSA) is 462 Å². The zero-order valence-electron chi connectivity index (χ0n) is 62.7. The van der Waals surface area contributed by atoms with E-state index in [1.807, 2.05) is 0 Å². The molecule has 0 spiro atoms. The number of ketones is 1. The molecule has 106 heavy (non-hydrogen) atoms. The Bertz CT molecular complexity index is 3190. The van der Waals surface area contributed by atoms with Crippen LogP contribution in [0.5, 0.6) is 34.5 Å². The molecule has 32 heteroatoms. The molecule has 0 radical (unpaired) electrons. The van der Waals surface area contributed by atoms with Crippen molar-refractivity contribution >= 4 is 35.3 Å². The molecule has 0 saturated heterocycles. The van der Waals surface area contributed by atoms with E-state index in [1.165, 1.54) is 20.8 Å². The van der Waals surface area contributed by atoms with Gasteiger partial charge in [0.15, 0.2) is 0 Å². The number of ether oxygens (including phenoxy) is 6. The molecule has 3 aromatic rings. The number of azide groups is 5. The Hall–Kier alpha value is -9.97. The molecule has 0 unspecified atom stereocenters. The lowest BCUT2D eigenvalue weighted by molar-refractivity contribution is -0.120. The maximum Gasteiger partial charge on any atom is 0.251 e. The summed E-state index contributed by atoms with van der Waals surface area (Å²) in [5.74, 6) is -0.0505. The summed E-state index contributed by atoms with van der Waals surface area (Å²) in [5.41, 5.74) is 46.1. The monoisotopic (exact) mass is 1470 g/mol. The number of Topliss-reactive ketones (excluding diaryl/α,β-unsaturated/α-hetero) is 1. The number of carbonyl (C=O) groups excluding carboxylic acids is 6. The molecular formula is C74H112N20O12. The highest BCUT2D eigenvalue weighted by atomic mass is 16.5. The van der Waals surface area contributed by atoms with Crippen molar-refractivity contribution in [1.29, 1.82) is 0 Å². The number of rotatable bonds is 60. The number of nitrogens with one attached hydrogen (secondary N) is 5. The molecule has 5 N–H and O–H groups in total. The van der Waals surface area contributed by atoms with Crippen molar-refractivity contribution in [2.75, 3.05) is 72.4 Å². The fourth-order valence-corrected chi connectivity index (χ4v) is 12.0. The number of hydrogen-bond acceptors (Lipinski definition) is 17. The molecule has 3 aromatic carbocycles. The van der Waals surface area contributed by atoms with Crippen molar-refractivity contribution in [3.05, 3.63) is 122 Å². The van der Waals surface area contributed by atoms with Crippen LogP contribution in [0, 0.1) is 0 Å². The highest BCUT2D eigenvalue weighted by Crippen LogP contribution is 2.37. The van der Waals surface area contributed by atoms with Gasteiger partial charge in [-0.05, 0) is 167 Å². The van der Waals surface area contributed by atoms with Gasteiger partial charge in [-0.1, -0.05) is 122 Å². The van der Waals surface area contributed by atoms with Gasteiger partial charge in [-0.15, -0.1) is 0 Å². The van der Waals surface area contributed by atoms with Gasteiger partial charge < -0.3 is 59.8 Å². The maximum absolute atomic E-state index is 15.1. The highest BCUT2D eigenvalue weighted by Gasteiger charge is 2.34. The number of nitrogens with zero attached hydrogens (tertiary/aromatic N) is 15. The Morgan fingerprint density at radius 3 is 0.821 bits per heavy atom. The van der Waals surface area contributed by atoms with Crippen LogP contribution < -0.4 is 55.0 Å². The first kappa shape index (κ1) is 88.4. The Morgan fingerprint density at radius 2 is 0.594 bits per heavy atom. The van der Waals surface area contributed by atoms with Crippen molar-refractivity contribution in [2.45, 2.75) is 252 Å². The van der Waals surface area contributed by atoms with Crippen LogP contribution in [0.2, 0.25) is 0 Å². The minimum Gasteiger partial charge on any atom is -0.493 e.